The van der Waals surface area contributed by atoms with Gasteiger partial charge in [-0.1, -0.05) is 6.07 Å². The number of carbonyl (C=O) groups excluding carboxylic acids is 1. The maximum Gasteiger partial charge on any atom is 0.223 e. The van der Waals surface area contributed by atoms with E-state index in [0.29, 0.717) is 18.9 Å². The second-order valence-electron chi connectivity index (χ2n) is 6.34. The number of carbonyl (C=O) groups is 1. The molecular formula is C19H22BrNO2S. The molecule has 128 valence electrons. The van der Waals surface area contributed by atoms with E-state index in [9.17, 15) is 4.79 Å². The van der Waals surface area contributed by atoms with Crippen molar-refractivity contribution in [2.24, 2.45) is 0 Å². The largest absolute Gasteiger partial charge is 0.497 e. The highest BCUT2D eigenvalue weighted by Gasteiger charge is 2.24. The van der Waals surface area contributed by atoms with Crippen LogP contribution < -0.4 is 4.74 Å². The molecule has 24 heavy (non-hydrogen) atoms. The molecule has 3 nitrogen and oxygen atoms in total. The van der Waals surface area contributed by atoms with Crippen LogP contribution in [0.25, 0.3) is 0 Å². The summed E-state index contributed by atoms with van der Waals surface area (Å²) in [4.78, 5) is 15.7. The van der Waals surface area contributed by atoms with E-state index in [0.717, 1.165) is 29.5 Å². The number of hydrogen-bond donors (Lipinski definition) is 0. The van der Waals surface area contributed by atoms with Crippen LogP contribution in [-0.4, -0.2) is 25.0 Å². The first-order chi connectivity index (χ1) is 11.6. The molecule has 2 aromatic rings. The molecule has 1 aliphatic carbocycles. The fourth-order valence-corrected chi connectivity index (χ4v) is 4.86. The van der Waals surface area contributed by atoms with Crippen molar-refractivity contribution in [1.82, 2.24) is 4.90 Å². The SMILES string of the molecule is COc1ccc2c(c1)CCCC2CC(=O)N(C)Cc1cc(Br)cs1. The third-order valence-electron chi connectivity index (χ3n) is 4.65. The molecule has 0 spiro atoms. The van der Waals surface area contributed by atoms with Crippen molar-refractivity contribution in [3.05, 3.63) is 50.1 Å². The van der Waals surface area contributed by atoms with Crippen molar-refractivity contribution in [3.63, 3.8) is 0 Å². The zero-order valence-corrected chi connectivity index (χ0v) is 16.5. The van der Waals surface area contributed by atoms with Gasteiger partial charge in [0.25, 0.3) is 0 Å². The molecule has 1 heterocycles. The maximum absolute atomic E-state index is 12.6. The molecule has 1 aliphatic rings. The smallest absolute Gasteiger partial charge is 0.223 e. The summed E-state index contributed by atoms with van der Waals surface area (Å²) in [6.07, 6.45) is 3.89. The molecule has 1 unspecified atom stereocenters. The van der Waals surface area contributed by atoms with Crippen LogP contribution >= 0.6 is 27.3 Å². The van der Waals surface area contributed by atoms with Crippen LogP contribution in [0.15, 0.2) is 34.1 Å². The van der Waals surface area contributed by atoms with Gasteiger partial charge in [-0.25, -0.2) is 0 Å². The number of halogens is 1. The van der Waals surface area contributed by atoms with Gasteiger partial charge >= 0.3 is 0 Å². The van der Waals surface area contributed by atoms with Gasteiger partial charge in [-0.05, 0) is 70.4 Å². The van der Waals surface area contributed by atoms with Gasteiger partial charge in [-0.15, -0.1) is 11.3 Å². The highest BCUT2D eigenvalue weighted by Crippen LogP contribution is 2.36. The summed E-state index contributed by atoms with van der Waals surface area (Å²) in [5, 5.41) is 2.05. The molecule has 0 radical (unpaired) electrons. The summed E-state index contributed by atoms with van der Waals surface area (Å²) in [6, 6.07) is 8.35. The number of rotatable bonds is 5. The van der Waals surface area contributed by atoms with E-state index < -0.39 is 0 Å². The number of hydrogen-bond acceptors (Lipinski definition) is 3. The van der Waals surface area contributed by atoms with E-state index in [1.54, 1.807) is 18.4 Å². The van der Waals surface area contributed by atoms with Crippen LogP contribution in [0, 0.1) is 0 Å². The number of ether oxygens (including phenoxy) is 1. The van der Waals surface area contributed by atoms with Crippen LogP contribution in [0.4, 0.5) is 0 Å². The van der Waals surface area contributed by atoms with Crippen LogP contribution in [0.2, 0.25) is 0 Å². The summed E-state index contributed by atoms with van der Waals surface area (Å²) < 4.78 is 6.41. The lowest BCUT2D eigenvalue weighted by atomic mass is 9.81. The van der Waals surface area contributed by atoms with Gasteiger partial charge in [-0.3, -0.25) is 4.79 Å². The number of benzene rings is 1. The molecule has 0 saturated heterocycles. The van der Waals surface area contributed by atoms with Crippen LogP contribution in [0.5, 0.6) is 5.75 Å². The van der Waals surface area contributed by atoms with Crippen LogP contribution in [0.3, 0.4) is 0 Å². The van der Waals surface area contributed by atoms with Gasteiger partial charge < -0.3 is 9.64 Å². The molecule has 0 N–H and O–H groups in total. The fourth-order valence-electron chi connectivity index (χ4n) is 3.36. The zero-order valence-electron chi connectivity index (χ0n) is 14.0. The third kappa shape index (κ3) is 4.01. The predicted molar refractivity (Wildman–Crippen MR) is 102 cm³/mol. The van der Waals surface area contributed by atoms with Gasteiger partial charge in [0.05, 0.1) is 13.7 Å². The number of methoxy groups -OCH3 is 1. The molecule has 0 bridgehead atoms. The lowest BCUT2D eigenvalue weighted by Crippen LogP contribution is -2.28. The van der Waals surface area contributed by atoms with Crippen molar-refractivity contribution < 1.29 is 9.53 Å². The number of nitrogens with zero attached hydrogens (tertiary/aromatic N) is 1. The number of thiophene rings is 1. The third-order valence-corrected chi connectivity index (χ3v) is 6.33. The van der Waals surface area contributed by atoms with Gasteiger partial charge in [0.2, 0.25) is 5.91 Å². The molecule has 1 aromatic carbocycles. The van der Waals surface area contributed by atoms with Crippen molar-refractivity contribution >= 4 is 33.2 Å². The van der Waals surface area contributed by atoms with E-state index in [1.807, 2.05) is 18.0 Å². The van der Waals surface area contributed by atoms with Gasteiger partial charge in [0.15, 0.2) is 0 Å². The molecule has 5 heteroatoms. The first kappa shape index (κ1) is 17.5. The Bertz CT molecular complexity index is 728. The summed E-state index contributed by atoms with van der Waals surface area (Å²) in [5.74, 6) is 1.44. The summed E-state index contributed by atoms with van der Waals surface area (Å²) >= 11 is 5.14. The Balaban J connectivity index is 1.67. The van der Waals surface area contributed by atoms with Crippen molar-refractivity contribution in [2.75, 3.05) is 14.2 Å². The molecule has 1 amide bonds. The minimum absolute atomic E-state index is 0.216. The van der Waals surface area contributed by atoms with E-state index in [1.165, 1.54) is 16.0 Å². The maximum atomic E-state index is 12.6. The molecule has 3 rings (SSSR count). The Morgan fingerprint density at radius 3 is 2.96 bits per heavy atom. The predicted octanol–water partition coefficient (Wildman–Crippen LogP) is 4.99. The first-order valence-electron chi connectivity index (χ1n) is 8.20. The lowest BCUT2D eigenvalue weighted by molar-refractivity contribution is -0.130. The first-order valence-corrected chi connectivity index (χ1v) is 9.87. The molecular weight excluding hydrogens is 386 g/mol. The summed E-state index contributed by atoms with van der Waals surface area (Å²) in [6.45, 7) is 0.678. The normalized spacial score (nSPS) is 16.5. The topological polar surface area (TPSA) is 29.5 Å². The molecule has 0 fully saturated rings. The van der Waals surface area contributed by atoms with Crippen LogP contribution in [0.1, 0.15) is 41.2 Å². The molecule has 1 aromatic heterocycles. The Kier molecular flexibility index (Phi) is 5.61. The minimum atomic E-state index is 0.216. The Labute approximate surface area is 155 Å². The summed E-state index contributed by atoms with van der Waals surface area (Å²) in [5.41, 5.74) is 2.66. The van der Waals surface area contributed by atoms with Crippen molar-refractivity contribution in [3.8, 4) is 5.75 Å². The molecule has 0 saturated carbocycles. The van der Waals surface area contributed by atoms with Gasteiger partial charge in [-0.2, -0.15) is 0 Å². The Morgan fingerprint density at radius 1 is 1.42 bits per heavy atom. The number of amides is 1. The van der Waals surface area contributed by atoms with Crippen LogP contribution in [-0.2, 0) is 17.8 Å². The standard InChI is InChI=1S/C19H22BrNO2S/c1-21(11-17-10-15(20)12-24-17)19(22)9-14-5-3-4-13-8-16(23-2)6-7-18(13)14/h6-8,10,12,14H,3-5,9,11H2,1-2H3. The number of aryl methyl sites for hydroxylation is 1. The fraction of sp³-hybridized carbons (Fsp3) is 0.421. The van der Waals surface area contributed by atoms with Crippen molar-refractivity contribution in [2.45, 2.75) is 38.1 Å². The van der Waals surface area contributed by atoms with E-state index in [4.69, 9.17) is 4.74 Å². The Hall–Kier alpha value is -1.33. The average molecular weight is 408 g/mol. The monoisotopic (exact) mass is 407 g/mol. The highest BCUT2D eigenvalue weighted by atomic mass is 79.9. The van der Waals surface area contributed by atoms with Crippen molar-refractivity contribution in [1.29, 1.82) is 0 Å². The van der Waals surface area contributed by atoms with Gasteiger partial charge in [0.1, 0.15) is 5.75 Å². The molecule has 1 atom stereocenters. The second kappa shape index (κ2) is 7.70. The van der Waals surface area contributed by atoms with Gasteiger partial charge in [0, 0.05) is 28.2 Å². The molecule has 0 aliphatic heterocycles. The quantitative estimate of drug-likeness (QED) is 0.698. The Morgan fingerprint density at radius 2 is 2.25 bits per heavy atom. The van der Waals surface area contributed by atoms with E-state index in [2.05, 4.69) is 39.5 Å². The average Bonchev–Trinajstić information content (AvgIpc) is 2.99. The van der Waals surface area contributed by atoms with E-state index in [-0.39, 0.29) is 5.91 Å². The minimum Gasteiger partial charge on any atom is -0.497 e. The zero-order chi connectivity index (χ0) is 17.1. The van der Waals surface area contributed by atoms with E-state index >= 15 is 0 Å². The second-order valence-corrected chi connectivity index (χ2v) is 8.25. The summed E-state index contributed by atoms with van der Waals surface area (Å²) in [7, 11) is 3.59. The lowest BCUT2D eigenvalue weighted by Gasteiger charge is -2.27. The number of fused-ring (bicyclic) bond motifs is 1. The highest BCUT2D eigenvalue weighted by molar-refractivity contribution is 9.10.